The number of hydrogen-bond donors (Lipinski definition) is 2. The normalized spacial score (nSPS) is 15.8. The van der Waals surface area contributed by atoms with Gasteiger partial charge in [-0.2, -0.15) is 10.1 Å². The third-order valence-corrected chi connectivity index (χ3v) is 5.27. The van der Waals surface area contributed by atoms with Crippen LogP contribution in [0.1, 0.15) is 36.0 Å². The van der Waals surface area contributed by atoms with E-state index in [9.17, 15) is 0 Å². The number of aryl methyl sites for hydroxylation is 2. The summed E-state index contributed by atoms with van der Waals surface area (Å²) in [6, 6.07) is 5.68. The summed E-state index contributed by atoms with van der Waals surface area (Å²) in [5, 5.41) is 14.6. The van der Waals surface area contributed by atoms with E-state index >= 15 is 0 Å². The zero-order valence-corrected chi connectivity index (χ0v) is 18.0. The van der Waals surface area contributed by atoms with Crippen LogP contribution in [0.2, 0.25) is 0 Å². The van der Waals surface area contributed by atoms with Gasteiger partial charge in [0.2, 0.25) is 11.8 Å². The largest absolute Gasteiger partial charge is 0.479 e. The molecule has 11 heteroatoms. The van der Waals surface area contributed by atoms with Gasteiger partial charge in [0.1, 0.15) is 11.5 Å². The maximum Gasteiger partial charge on any atom is 0.242 e. The summed E-state index contributed by atoms with van der Waals surface area (Å²) in [6.45, 7) is 4.72. The molecule has 0 radical (unpaired) electrons. The highest BCUT2D eigenvalue weighted by molar-refractivity contribution is 5.60. The van der Waals surface area contributed by atoms with E-state index < -0.39 is 0 Å². The van der Waals surface area contributed by atoms with E-state index in [2.05, 4.69) is 40.5 Å². The van der Waals surface area contributed by atoms with Gasteiger partial charge in [-0.1, -0.05) is 5.16 Å². The van der Waals surface area contributed by atoms with Gasteiger partial charge in [0.05, 0.1) is 13.2 Å². The highest BCUT2D eigenvalue weighted by Crippen LogP contribution is 2.37. The van der Waals surface area contributed by atoms with Crippen molar-refractivity contribution in [1.29, 1.82) is 0 Å². The van der Waals surface area contributed by atoms with E-state index in [4.69, 9.17) is 14.2 Å². The van der Waals surface area contributed by atoms with Crippen LogP contribution in [0.25, 0.3) is 11.4 Å². The van der Waals surface area contributed by atoms with Gasteiger partial charge in [-0.25, -0.2) is 15.0 Å². The van der Waals surface area contributed by atoms with Gasteiger partial charge in [-0.3, -0.25) is 5.10 Å². The van der Waals surface area contributed by atoms with E-state index in [1.54, 1.807) is 19.5 Å². The van der Waals surface area contributed by atoms with Crippen LogP contribution in [0.5, 0.6) is 5.88 Å². The number of nitrogens with zero attached hydrogens (tertiary/aromatic N) is 7. The second-order valence-electron chi connectivity index (χ2n) is 7.64. The van der Waals surface area contributed by atoms with Crippen LogP contribution in [0, 0.1) is 13.8 Å². The summed E-state index contributed by atoms with van der Waals surface area (Å²) in [5.74, 6) is 3.17. The molecule has 0 bridgehead atoms. The lowest BCUT2D eigenvalue weighted by Crippen LogP contribution is -2.25. The highest BCUT2D eigenvalue weighted by atomic mass is 16.5. The minimum atomic E-state index is -0.0267. The summed E-state index contributed by atoms with van der Waals surface area (Å²) in [6.07, 6.45) is 5.08. The monoisotopic (exact) mass is 433 g/mol. The van der Waals surface area contributed by atoms with E-state index in [-0.39, 0.29) is 6.04 Å². The second-order valence-corrected chi connectivity index (χ2v) is 7.64. The molecule has 32 heavy (non-hydrogen) atoms. The number of anilines is 3. The second kappa shape index (κ2) is 8.25. The number of H-pyrrole nitrogens is 1. The Bertz CT molecular complexity index is 1240. The van der Waals surface area contributed by atoms with Crippen molar-refractivity contribution in [2.45, 2.75) is 32.7 Å². The minimum Gasteiger partial charge on any atom is -0.479 e. The quantitative estimate of drug-likeness (QED) is 0.466. The zero-order chi connectivity index (χ0) is 22.1. The molecule has 164 valence electrons. The van der Waals surface area contributed by atoms with Crippen LogP contribution in [-0.2, 0) is 0 Å². The van der Waals surface area contributed by atoms with Crippen LogP contribution in [0.3, 0.4) is 0 Å². The van der Waals surface area contributed by atoms with Gasteiger partial charge in [-0.15, -0.1) is 0 Å². The van der Waals surface area contributed by atoms with E-state index in [1.165, 1.54) is 0 Å². The topological polar surface area (TPSA) is 131 Å². The maximum absolute atomic E-state index is 5.71. The Hall–Kier alpha value is -4.02. The van der Waals surface area contributed by atoms with Crippen molar-refractivity contribution in [3.05, 3.63) is 47.7 Å². The number of hydrogen-bond acceptors (Lipinski definition) is 10. The number of aromatic amines is 1. The first-order valence-electron chi connectivity index (χ1n) is 10.3. The van der Waals surface area contributed by atoms with Crippen LogP contribution in [-0.4, -0.2) is 48.9 Å². The molecule has 2 N–H and O–H groups in total. The summed E-state index contributed by atoms with van der Waals surface area (Å²) in [5.41, 5.74) is 2.96. The number of aromatic nitrogens is 7. The number of methoxy groups -OCH3 is 1. The third-order valence-electron chi connectivity index (χ3n) is 5.27. The Kier molecular flexibility index (Phi) is 5.13. The van der Waals surface area contributed by atoms with Crippen LogP contribution >= 0.6 is 0 Å². The standard InChI is InChI=1S/C21H23N9O2/c1-12-9-17(25-18-10-13(2)27-28-18)26-21(24-12)30-8-4-5-15(30)16-11-14(29-32-16)19-20(31-3)23-7-6-22-19/h6-7,9-11,15H,4-5,8H2,1-3H3,(H2,24,25,26,27,28)/t15-/m0/s1. The fourth-order valence-corrected chi connectivity index (χ4v) is 3.87. The van der Waals surface area contributed by atoms with Crippen molar-refractivity contribution < 1.29 is 9.26 Å². The smallest absolute Gasteiger partial charge is 0.242 e. The molecule has 4 aromatic rings. The molecular formula is C21H23N9O2. The van der Waals surface area contributed by atoms with Gasteiger partial charge in [-0.05, 0) is 26.7 Å². The lowest BCUT2D eigenvalue weighted by atomic mass is 10.1. The van der Waals surface area contributed by atoms with Crippen LogP contribution in [0.15, 0.2) is 35.1 Å². The fourth-order valence-electron chi connectivity index (χ4n) is 3.87. The molecule has 0 saturated carbocycles. The van der Waals surface area contributed by atoms with Gasteiger partial charge >= 0.3 is 0 Å². The average Bonchev–Trinajstić information content (AvgIpc) is 3.54. The maximum atomic E-state index is 5.71. The van der Waals surface area contributed by atoms with E-state index in [0.717, 1.165) is 36.5 Å². The Morgan fingerprint density at radius 3 is 2.81 bits per heavy atom. The van der Waals surface area contributed by atoms with Crippen molar-refractivity contribution in [3.63, 3.8) is 0 Å². The number of ether oxygens (including phenoxy) is 1. The minimum absolute atomic E-state index is 0.0267. The molecule has 1 aliphatic heterocycles. The van der Waals surface area contributed by atoms with Gasteiger partial charge in [0.15, 0.2) is 17.3 Å². The van der Waals surface area contributed by atoms with Crippen molar-refractivity contribution in [2.75, 3.05) is 23.9 Å². The third kappa shape index (κ3) is 3.84. The summed E-state index contributed by atoms with van der Waals surface area (Å²) in [7, 11) is 1.55. The van der Waals surface area contributed by atoms with E-state index in [0.29, 0.717) is 34.9 Å². The SMILES string of the molecule is COc1nccnc1-c1cc([C@@H]2CCCN2c2nc(C)cc(Nc3cc(C)[nH]n3)n2)on1. The molecule has 1 fully saturated rings. The molecular weight excluding hydrogens is 410 g/mol. The lowest BCUT2D eigenvalue weighted by Gasteiger charge is -2.23. The molecule has 11 nitrogen and oxygen atoms in total. The number of rotatable bonds is 6. The first kappa shape index (κ1) is 19.9. The molecule has 0 spiro atoms. The summed E-state index contributed by atoms with van der Waals surface area (Å²) >= 11 is 0. The van der Waals surface area contributed by atoms with Crippen molar-refractivity contribution in [2.24, 2.45) is 0 Å². The summed E-state index contributed by atoms with van der Waals surface area (Å²) < 4.78 is 11.0. The lowest BCUT2D eigenvalue weighted by molar-refractivity contribution is 0.361. The fraction of sp³-hybridized carbons (Fsp3) is 0.333. The molecule has 5 heterocycles. The molecule has 5 rings (SSSR count). The molecule has 0 aliphatic carbocycles. The Morgan fingerprint density at radius 1 is 1.12 bits per heavy atom. The first-order chi connectivity index (χ1) is 15.6. The average molecular weight is 433 g/mol. The molecule has 1 atom stereocenters. The molecule has 0 unspecified atom stereocenters. The predicted molar refractivity (Wildman–Crippen MR) is 117 cm³/mol. The van der Waals surface area contributed by atoms with Gasteiger partial charge in [0.25, 0.3) is 0 Å². The first-order valence-corrected chi connectivity index (χ1v) is 10.3. The zero-order valence-electron chi connectivity index (χ0n) is 18.0. The molecule has 1 aliphatic rings. The van der Waals surface area contributed by atoms with Crippen molar-refractivity contribution >= 4 is 17.6 Å². The predicted octanol–water partition coefficient (Wildman–Crippen LogP) is 3.36. The summed E-state index contributed by atoms with van der Waals surface area (Å²) in [4.78, 5) is 20.1. The Labute approximate surface area is 184 Å². The molecule has 0 amide bonds. The molecule has 4 aromatic heterocycles. The van der Waals surface area contributed by atoms with Crippen LogP contribution < -0.4 is 15.0 Å². The van der Waals surface area contributed by atoms with E-state index in [1.807, 2.05) is 32.0 Å². The molecule has 0 aromatic carbocycles. The Morgan fingerprint density at radius 2 is 2.00 bits per heavy atom. The van der Waals surface area contributed by atoms with Crippen molar-refractivity contribution in [1.82, 2.24) is 35.3 Å². The number of nitrogens with one attached hydrogen (secondary N) is 2. The van der Waals surface area contributed by atoms with Crippen molar-refractivity contribution in [3.8, 4) is 17.3 Å². The van der Waals surface area contributed by atoms with Gasteiger partial charge in [0, 0.05) is 48.5 Å². The highest BCUT2D eigenvalue weighted by Gasteiger charge is 2.32. The van der Waals surface area contributed by atoms with Gasteiger partial charge < -0.3 is 19.5 Å². The van der Waals surface area contributed by atoms with Crippen LogP contribution in [0.4, 0.5) is 17.6 Å². The Balaban J connectivity index is 1.42. The molecule has 1 saturated heterocycles.